The fourth-order valence-electron chi connectivity index (χ4n) is 2.30. The van der Waals surface area contributed by atoms with Gasteiger partial charge in [-0.05, 0) is 25.0 Å². The van der Waals surface area contributed by atoms with Gasteiger partial charge >= 0.3 is 0 Å². The lowest BCUT2D eigenvalue weighted by Crippen LogP contribution is -2.42. The van der Waals surface area contributed by atoms with E-state index < -0.39 is 6.10 Å². The summed E-state index contributed by atoms with van der Waals surface area (Å²) in [6.07, 6.45) is 2.32. The number of nitrogens with two attached hydrogens (primary N) is 1. The fourth-order valence-corrected chi connectivity index (χ4v) is 2.90. The molecule has 0 bridgehead atoms. The second-order valence-corrected chi connectivity index (χ2v) is 5.27. The third-order valence-corrected chi connectivity index (χ3v) is 4.27. The molecule has 1 saturated carbocycles. The van der Waals surface area contributed by atoms with Crippen molar-refractivity contribution >= 4 is 23.2 Å². The molecule has 1 aromatic rings. The molecule has 0 radical (unpaired) electrons. The first-order valence-corrected chi connectivity index (χ1v) is 6.18. The van der Waals surface area contributed by atoms with Crippen molar-refractivity contribution in [1.29, 1.82) is 0 Å². The topological polar surface area (TPSA) is 46.2 Å². The highest BCUT2D eigenvalue weighted by Crippen LogP contribution is 2.51. The predicted molar refractivity (Wildman–Crippen MR) is 66.8 cm³/mol. The molecular formula is C12H15Cl2NO. The van der Waals surface area contributed by atoms with Crippen molar-refractivity contribution in [1.82, 2.24) is 0 Å². The molecule has 1 aliphatic rings. The van der Waals surface area contributed by atoms with E-state index in [1.807, 2.05) is 0 Å². The van der Waals surface area contributed by atoms with Crippen LogP contribution in [0.2, 0.25) is 10.0 Å². The predicted octanol–water partition coefficient (Wildman–Crippen LogP) is 3.16. The van der Waals surface area contributed by atoms with Crippen LogP contribution < -0.4 is 5.73 Å². The SMILES string of the molecule is NCC1(C(O)c2c(Cl)cccc2Cl)CCC1. The zero-order valence-corrected chi connectivity index (χ0v) is 10.4. The second-order valence-electron chi connectivity index (χ2n) is 4.46. The first-order chi connectivity index (χ1) is 7.60. The molecule has 0 aromatic heterocycles. The maximum absolute atomic E-state index is 10.4. The molecule has 0 aliphatic heterocycles. The molecule has 0 heterocycles. The Labute approximate surface area is 105 Å². The molecule has 0 saturated heterocycles. The van der Waals surface area contributed by atoms with Crippen molar-refractivity contribution in [3.8, 4) is 0 Å². The van der Waals surface area contributed by atoms with Crippen LogP contribution in [-0.2, 0) is 0 Å². The molecule has 1 atom stereocenters. The smallest absolute Gasteiger partial charge is 0.0887 e. The average molecular weight is 260 g/mol. The number of aliphatic hydroxyl groups is 1. The summed E-state index contributed by atoms with van der Waals surface area (Å²) in [4.78, 5) is 0. The van der Waals surface area contributed by atoms with Gasteiger partial charge in [0.2, 0.25) is 0 Å². The Morgan fingerprint density at radius 2 is 1.88 bits per heavy atom. The number of benzene rings is 1. The minimum atomic E-state index is -0.660. The van der Waals surface area contributed by atoms with Crippen LogP contribution in [0.4, 0.5) is 0 Å². The van der Waals surface area contributed by atoms with Gasteiger partial charge in [0.1, 0.15) is 0 Å². The van der Waals surface area contributed by atoms with Crippen LogP contribution in [0.3, 0.4) is 0 Å². The molecule has 1 aromatic carbocycles. The average Bonchev–Trinajstić information content (AvgIpc) is 2.16. The molecule has 1 unspecified atom stereocenters. The summed E-state index contributed by atoms with van der Waals surface area (Å²) >= 11 is 12.2. The summed E-state index contributed by atoms with van der Waals surface area (Å²) in [6, 6.07) is 5.26. The monoisotopic (exact) mass is 259 g/mol. The van der Waals surface area contributed by atoms with Gasteiger partial charge in [0.15, 0.2) is 0 Å². The van der Waals surface area contributed by atoms with Crippen LogP contribution in [0.15, 0.2) is 18.2 Å². The fraction of sp³-hybridized carbons (Fsp3) is 0.500. The highest BCUT2D eigenvalue weighted by molar-refractivity contribution is 6.36. The molecule has 2 rings (SSSR count). The Kier molecular flexibility index (Phi) is 3.45. The molecule has 4 heteroatoms. The summed E-state index contributed by atoms with van der Waals surface area (Å²) in [5.74, 6) is 0. The van der Waals surface area contributed by atoms with E-state index in [2.05, 4.69) is 0 Å². The quantitative estimate of drug-likeness (QED) is 0.876. The summed E-state index contributed by atoms with van der Waals surface area (Å²) in [6.45, 7) is 0.468. The third kappa shape index (κ3) is 1.84. The number of rotatable bonds is 3. The number of halogens is 2. The van der Waals surface area contributed by atoms with Crippen LogP contribution in [0.25, 0.3) is 0 Å². The molecule has 16 heavy (non-hydrogen) atoms. The van der Waals surface area contributed by atoms with Gasteiger partial charge in [-0.2, -0.15) is 0 Å². The van der Waals surface area contributed by atoms with Gasteiger partial charge in [-0.15, -0.1) is 0 Å². The zero-order chi connectivity index (χ0) is 11.8. The molecule has 3 N–H and O–H groups in total. The zero-order valence-electron chi connectivity index (χ0n) is 8.92. The Bertz CT molecular complexity index is 365. The molecule has 88 valence electrons. The summed E-state index contributed by atoms with van der Waals surface area (Å²) in [5, 5.41) is 11.4. The van der Waals surface area contributed by atoms with Gasteiger partial charge in [-0.1, -0.05) is 35.7 Å². The van der Waals surface area contributed by atoms with Gasteiger partial charge in [0, 0.05) is 27.6 Å². The Balaban J connectivity index is 2.36. The molecule has 0 spiro atoms. The van der Waals surface area contributed by atoms with E-state index >= 15 is 0 Å². The standard InChI is InChI=1S/C12H15Cl2NO/c13-8-3-1-4-9(14)10(8)11(16)12(7-15)5-2-6-12/h1,3-4,11,16H,2,5-7,15H2. The van der Waals surface area contributed by atoms with Crippen molar-refractivity contribution in [2.75, 3.05) is 6.54 Å². The highest BCUT2D eigenvalue weighted by Gasteiger charge is 2.44. The van der Waals surface area contributed by atoms with E-state index in [9.17, 15) is 5.11 Å². The molecule has 0 amide bonds. The third-order valence-electron chi connectivity index (χ3n) is 3.61. The Morgan fingerprint density at radius 1 is 1.31 bits per heavy atom. The first-order valence-electron chi connectivity index (χ1n) is 5.43. The molecule has 1 fully saturated rings. The highest BCUT2D eigenvalue weighted by atomic mass is 35.5. The lowest BCUT2D eigenvalue weighted by Gasteiger charge is -2.45. The molecular weight excluding hydrogens is 245 g/mol. The van der Waals surface area contributed by atoms with Crippen LogP contribution in [0.5, 0.6) is 0 Å². The van der Waals surface area contributed by atoms with E-state index in [1.54, 1.807) is 18.2 Å². The van der Waals surface area contributed by atoms with Crippen molar-refractivity contribution in [2.24, 2.45) is 11.1 Å². The largest absolute Gasteiger partial charge is 0.388 e. The van der Waals surface area contributed by atoms with Gasteiger partial charge in [0.25, 0.3) is 0 Å². The minimum absolute atomic E-state index is 0.228. The lowest BCUT2D eigenvalue weighted by atomic mass is 9.63. The molecule has 2 nitrogen and oxygen atoms in total. The van der Waals surface area contributed by atoms with Crippen LogP contribution >= 0.6 is 23.2 Å². The first kappa shape index (κ1) is 12.2. The van der Waals surface area contributed by atoms with Gasteiger partial charge in [-0.25, -0.2) is 0 Å². The van der Waals surface area contributed by atoms with Crippen LogP contribution in [0.1, 0.15) is 30.9 Å². The Hall–Kier alpha value is -0.280. The van der Waals surface area contributed by atoms with E-state index in [0.717, 1.165) is 19.3 Å². The van der Waals surface area contributed by atoms with Crippen molar-refractivity contribution in [3.05, 3.63) is 33.8 Å². The van der Waals surface area contributed by atoms with Gasteiger partial charge < -0.3 is 10.8 Å². The van der Waals surface area contributed by atoms with Gasteiger partial charge in [-0.3, -0.25) is 0 Å². The van der Waals surface area contributed by atoms with Crippen molar-refractivity contribution < 1.29 is 5.11 Å². The van der Waals surface area contributed by atoms with Gasteiger partial charge in [0.05, 0.1) is 6.10 Å². The Morgan fingerprint density at radius 3 is 2.25 bits per heavy atom. The number of aliphatic hydroxyl groups excluding tert-OH is 1. The van der Waals surface area contributed by atoms with Crippen molar-refractivity contribution in [3.63, 3.8) is 0 Å². The second kappa shape index (κ2) is 4.53. The lowest BCUT2D eigenvalue weighted by molar-refractivity contribution is -0.0295. The number of hydrogen-bond donors (Lipinski definition) is 2. The maximum Gasteiger partial charge on any atom is 0.0887 e. The van der Waals surface area contributed by atoms with Crippen LogP contribution in [-0.4, -0.2) is 11.7 Å². The normalized spacial score (nSPS) is 20.2. The summed E-state index contributed by atoms with van der Waals surface area (Å²) in [7, 11) is 0. The summed E-state index contributed by atoms with van der Waals surface area (Å²) < 4.78 is 0. The van der Waals surface area contributed by atoms with E-state index in [-0.39, 0.29) is 5.41 Å². The summed E-state index contributed by atoms with van der Waals surface area (Å²) in [5.41, 5.74) is 6.15. The van der Waals surface area contributed by atoms with E-state index in [1.165, 1.54) is 0 Å². The maximum atomic E-state index is 10.4. The number of hydrogen-bond acceptors (Lipinski definition) is 2. The van der Waals surface area contributed by atoms with Crippen molar-refractivity contribution in [2.45, 2.75) is 25.4 Å². The van der Waals surface area contributed by atoms with E-state index in [0.29, 0.717) is 22.2 Å². The minimum Gasteiger partial charge on any atom is -0.388 e. The van der Waals surface area contributed by atoms with E-state index in [4.69, 9.17) is 28.9 Å². The van der Waals surface area contributed by atoms with Crippen LogP contribution in [0, 0.1) is 5.41 Å². The molecule has 1 aliphatic carbocycles.